The van der Waals surface area contributed by atoms with Crippen LogP contribution in [0.4, 0.5) is 5.69 Å². The zero-order valence-electron chi connectivity index (χ0n) is 14.7. The number of nitrogens with two attached hydrogens (primary N) is 1. The summed E-state index contributed by atoms with van der Waals surface area (Å²) < 4.78 is 12.1. The zero-order chi connectivity index (χ0) is 18.6. The molecule has 7 heteroatoms. The number of methoxy groups -OCH3 is 1. The Bertz CT molecular complexity index is 1050. The number of hydrogen-bond donors (Lipinski definition) is 2. The summed E-state index contributed by atoms with van der Waals surface area (Å²) in [5, 5.41) is 3.90. The van der Waals surface area contributed by atoms with Gasteiger partial charge in [-0.25, -0.2) is 9.98 Å². The number of nitrogens with one attached hydrogen (secondary N) is 1. The Morgan fingerprint density at radius 2 is 1.96 bits per heavy atom. The van der Waals surface area contributed by atoms with Crippen molar-refractivity contribution in [3.8, 4) is 16.5 Å². The van der Waals surface area contributed by atoms with Crippen LogP contribution in [0.25, 0.3) is 21.0 Å². The Morgan fingerprint density at radius 1 is 1.15 bits per heavy atom. The maximum atomic E-state index is 5.95. The van der Waals surface area contributed by atoms with E-state index in [0.29, 0.717) is 12.5 Å². The van der Waals surface area contributed by atoms with E-state index in [1.54, 1.807) is 18.4 Å². The third kappa shape index (κ3) is 3.93. The average molecular weight is 378 g/mol. The molecule has 136 valence electrons. The molecule has 0 amide bonds. The lowest BCUT2D eigenvalue weighted by molar-refractivity contribution is 0.415. The number of benzene rings is 2. The molecule has 0 unspecified atom stereocenters. The molecule has 2 heterocycles. The van der Waals surface area contributed by atoms with Crippen LogP contribution in [-0.4, -0.2) is 18.1 Å². The Labute approximate surface area is 160 Å². The van der Waals surface area contributed by atoms with Crippen molar-refractivity contribution in [2.45, 2.75) is 6.54 Å². The highest BCUT2D eigenvalue weighted by molar-refractivity contribution is 7.21. The van der Waals surface area contributed by atoms with Crippen molar-refractivity contribution in [3.63, 3.8) is 0 Å². The number of thiazole rings is 1. The largest absolute Gasteiger partial charge is 0.497 e. The van der Waals surface area contributed by atoms with Crippen molar-refractivity contribution in [1.29, 1.82) is 0 Å². The standard InChI is InChI=1S/C20H18N4O2S/c1-25-14-8-6-13(7-9-14)23-20(21)22-12-15-10-11-17(26-15)19-24-16-4-2-3-5-18(16)27-19/h2-11H,12H2,1H3,(H3,21,22,23). The fraction of sp³-hybridized carbons (Fsp3) is 0.100. The van der Waals surface area contributed by atoms with Crippen molar-refractivity contribution < 1.29 is 9.15 Å². The number of furan rings is 1. The highest BCUT2D eigenvalue weighted by atomic mass is 32.1. The molecule has 3 N–H and O–H groups in total. The van der Waals surface area contributed by atoms with Gasteiger partial charge in [-0.15, -0.1) is 11.3 Å². The van der Waals surface area contributed by atoms with E-state index < -0.39 is 0 Å². The molecule has 0 atom stereocenters. The first-order valence-electron chi connectivity index (χ1n) is 8.37. The number of guanidine groups is 1. The lowest BCUT2D eigenvalue weighted by Crippen LogP contribution is -2.22. The number of nitrogens with zero attached hydrogens (tertiary/aromatic N) is 2. The predicted molar refractivity (Wildman–Crippen MR) is 109 cm³/mol. The molecule has 0 aliphatic carbocycles. The quantitative estimate of drug-likeness (QED) is 0.395. The number of aromatic nitrogens is 1. The van der Waals surface area contributed by atoms with E-state index in [4.69, 9.17) is 14.9 Å². The van der Waals surface area contributed by atoms with Crippen LogP contribution in [0, 0.1) is 0 Å². The van der Waals surface area contributed by atoms with Gasteiger partial charge in [0, 0.05) is 5.69 Å². The second-order valence-corrected chi connectivity index (χ2v) is 6.84. The lowest BCUT2D eigenvalue weighted by atomic mass is 10.3. The van der Waals surface area contributed by atoms with Gasteiger partial charge in [0.25, 0.3) is 0 Å². The molecular formula is C20H18N4O2S. The van der Waals surface area contributed by atoms with E-state index in [9.17, 15) is 0 Å². The molecule has 0 aliphatic heterocycles. The Morgan fingerprint density at radius 3 is 2.74 bits per heavy atom. The molecule has 0 fully saturated rings. The first-order valence-corrected chi connectivity index (χ1v) is 9.18. The van der Waals surface area contributed by atoms with Gasteiger partial charge in [0.05, 0.1) is 17.3 Å². The van der Waals surface area contributed by atoms with Crippen LogP contribution in [0.3, 0.4) is 0 Å². The Hall–Kier alpha value is -3.32. The molecule has 0 bridgehead atoms. The Balaban J connectivity index is 1.43. The van der Waals surface area contributed by atoms with Crippen LogP contribution >= 0.6 is 11.3 Å². The van der Waals surface area contributed by atoms with Crippen molar-refractivity contribution in [2.24, 2.45) is 10.7 Å². The lowest BCUT2D eigenvalue weighted by Gasteiger charge is -2.06. The molecule has 0 saturated heterocycles. The summed E-state index contributed by atoms with van der Waals surface area (Å²) >= 11 is 1.60. The fourth-order valence-corrected chi connectivity index (χ4v) is 3.51. The maximum absolute atomic E-state index is 5.95. The molecule has 6 nitrogen and oxygen atoms in total. The average Bonchev–Trinajstić information content (AvgIpc) is 3.33. The molecule has 0 spiro atoms. The summed E-state index contributed by atoms with van der Waals surface area (Å²) in [6, 6.07) is 19.3. The fourth-order valence-electron chi connectivity index (χ4n) is 2.58. The molecule has 0 radical (unpaired) electrons. The highest BCUT2D eigenvalue weighted by Crippen LogP contribution is 2.31. The SMILES string of the molecule is COc1ccc(NC(N)=NCc2ccc(-c3nc4ccccc4s3)o2)cc1. The summed E-state index contributed by atoms with van der Waals surface area (Å²) in [6.45, 7) is 0.347. The number of anilines is 1. The summed E-state index contributed by atoms with van der Waals surface area (Å²) in [7, 11) is 1.63. The first kappa shape index (κ1) is 17.1. The minimum absolute atomic E-state index is 0.318. The van der Waals surface area contributed by atoms with E-state index in [1.807, 2.05) is 54.6 Å². The molecular weight excluding hydrogens is 360 g/mol. The Kier molecular flexibility index (Phi) is 4.76. The van der Waals surface area contributed by atoms with Crippen molar-refractivity contribution in [1.82, 2.24) is 4.98 Å². The summed E-state index contributed by atoms with van der Waals surface area (Å²) in [5.74, 6) is 2.57. The third-order valence-corrected chi connectivity index (χ3v) is 4.98. The van der Waals surface area contributed by atoms with Crippen LogP contribution in [0.1, 0.15) is 5.76 Å². The van der Waals surface area contributed by atoms with Gasteiger partial charge in [0.2, 0.25) is 0 Å². The van der Waals surface area contributed by atoms with Crippen LogP contribution < -0.4 is 15.8 Å². The molecule has 2 aromatic heterocycles. The van der Waals surface area contributed by atoms with E-state index in [0.717, 1.165) is 38.2 Å². The van der Waals surface area contributed by atoms with Gasteiger partial charge in [0.15, 0.2) is 16.7 Å². The van der Waals surface area contributed by atoms with Crippen LogP contribution in [0.5, 0.6) is 5.75 Å². The molecule has 0 saturated carbocycles. The number of ether oxygens (including phenoxy) is 1. The number of rotatable bonds is 5. The molecule has 2 aromatic carbocycles. The molecule has 4 rings (SSSR count). The second kappa shape index (κ2) is 7.51. The van der Waals surface area contributed by atoms with Crippen molar-refractivity contribution in [2.75, 3.05) is 12.4 Å². The monoisotopic (exact) mass is 378 g/mol. The van der Waals surface area contributed by atoms with Crippen molar-refractivity contribution in [3.05, 3.63) is 66.4 Å². The number of hydrogen-bond acceptors (Lipinski definition) is 5. The molecule has 27 heavy (non-hydrogen) atoms. The van der Waals surface area contributed by atoms with E-state index in [2.05, 4.69) is 21.4 Å². The van der Waals surface area contributed by atoms with Gasteiger partial charge in [-0.3, -0.25) is 0 Å². The van der Waals surface area contributed by atoms with Gasteiger partial charge < -0.3 is 20.2 Å². The minimum Gasteiger partial charge on any atom is -0.497 e. The van der Waals surface area contributed by atoms with Crippen LogP contribution in [0.15, 0.2) is 70.1 Å². The zero-order valence-corrected chi connectivity index (χ0v) is 15.5. The van der Waals surface area contributed by atoms with E-state index >= 15 is 0 Å². The second-order valence-electron chi connectivity index (χ2n) is 5.81. The number of fused-ring (bicyclic) bond motifs is 1. The van der Waals surface area contributed by atoms with Gasteiger partial charge in [-0.2, -0.15) is 0 Å². The van der Waals surface area contributed by atoms with Crippen LogP contribution in [0.2, 0.25) is 0 Å². The minimum atomic E-state index is 0.318. The van der Waals surface area contributed by atoms with Gasteiger partial charge in [-0.1, -0.05) is 12.1 Å². The number of para-hydroxylation sites is 1. The third-order valence-electron chi connectivity index (χ3n) is 3.93. The topological polar surface area (TPSA) is 85.7 Å². The molecule has 4 aromatic rings. The summed E-state index contributed by atoms with van der Waals surface area (Å²) in [6.07, 6.45) is 0. The predicted octanol–water partition coefficient (Wildman–Crippen LogP) is 4.49. The van der Waals surface area contributed by atoms with E-state index in [-0.39, 0.29) is 0 Å². The highest BCUT2D eigenvalue weighted by Gasteiger charge is 2.10. The normalized spacial score (nSPS) is 11.7. The summed E-state index contributed by atoms with van der Waals surface area (Å²) in [5.41, 5.74) is 7.76. The summed E-state index contributed by atoms with van der Waals surface area (Å²) in [4.78, 5) is 8.93. The molecule has 0 aliphatic rings. The van der Waals surface area contributed by atoms with Crippen LogP contribution in [-0.2, 0) is 6.54 Å². The number of aliphatic imine (C=N–C) groups is 1. The van der Waals surface area contributed by atoms with Crippen molar-refractivity contribution >= 4 is 33.2 Å². The first-order chi connectivity index (χ1) is 13.2. The van der Waals surface area contributed by atoms with E-state index in [1.165, 1.54) is 0 Å². The maximum Gasteiger partial charge on any atom is 0.193 e. The van der Waals surface area contributed by atoms with Gasteiger partial charge in [0.1, 0.15) is 18.1 Å². The van der Waals surface area contributed by atoms with Gasteiger partial charge in [-0.05, 0) is 48.5 Å². The smallest absolute Gasteiger partial charge is 0.193 e. The van der Waals surface area contributed by atoms with Gasteiger partial charge >= 0.3 is 0 Å².